The minimum atomic E-state index is -0.292. The molecule has 0 atom stereocenters. The summed E-state index contributed by atoms with van der Waals surface area (Å²) in [7, 11) is 0. The van der Waals surface area contributed by atoms with Crippen molar-refractivity contribution >= 4 is 28.6 Å². The maximum Gasteiger partial charge on any atom is 0.325 e. The first-order valence-corrected chi connectivity index (χ1v) is 11.0. The number of benzene rings is 2. The zero-order valence-corrected chi connectivity index (χ0v) is 17.4. The van der Waals surface area contributed by atoms with Crippen LogP contribution in [-0.4, -0.2) is 30.5 Å². The van der Waals surface area contributed by atoms with Crippen molar-refractivity contribution in [3.63, 3.8) is 0 Å². The Balaban J connectivity index is 1.41. The van der Waals surface area contributed by atoms with Crippen LogP contribution in [0.5, 0.6) is 5.75 Å². The highest BCUT2D eigenvalue weighted by Crippen LogP contribution is 2.34. The molecule has 1 aliphatic carbocycles. The van der Waals surface area contributed by atoms with E-state index in [1.54, 1.807) is 18.2 Å². The van der Waals surface area contributed by atoms with E-state index < -0.39 is 0 Å². The van der Waals surface area contributed by atoms with Crippen LogP contribution in [0.2, 0.25) is 0 Å². The molecule has 5 rings (SSSR count). The molecule has 0 N–H and O–H groups in total. The Morgan fingerprint density at radius 3 is 2.65 bits per heavy atom. The number of carbonyl (C=O) groups excluding carboxylic acids is 1. The van der Waals surface area contributed by atoms with Crippen molar-refractivity contribution in [3.05, 3.63) is 75.6 Å². The Morgan fingerprint density at radius 2 is 1.84 bits per heavy atom. The molecule has 0 unspecified atom stereocenters. The third-order valence-corrected chi connectivity index (χ3v) is 6.07. The van der Waals surface area contributed by atoms with E-state index in [1.165, 1.54) is 6.42 Å². The van der Waals surface area contributed by atoms with E-state index >= 15 is 0 Å². The zero-order chi connectivity index (χ0) is 21.2. The number of hydrogen-bond donors (Lipinski definition) is 0. The van der Waals surface area contributed by atoms with Crippen molar-refractivity contribution in [3.8, 4) is 5.75 Å². The minimum absolute atomic E-state index is 0.0401. The molecule has 0 spiro atoms. The first kappa shape index (κ1) is 19.8. The molecule has 5 nitrogen and oxygen atoms in total. The fourth-order valence-electron chi connectivity index (χ4n) is 4.49. The third-order valence-electron chi connectivity index (χ3n) is 6.07. The summed E-state index contributed by atoms with van der Waals surface area (Å²) in [6.45, 7) is 2.15. The predicted molar refractivity (Wildman–Crippen MR) is 121 cm³/mol. The SMILES string of the molecule is O=C(CN1CCCCC1)Oc1ccc2oc3c(c(=O)c2c1)CCC3=Cc1ccccc1. The molecule has 0 radical (unpaired) electrons. The maximum atomic E-state index is 13.1. The number of carbonyl (C=O) groups is 1. The van der Waals surface area contributed by atoms with Gasteiger partial charge in [0, 0.05) is 5.56 Å². The average molecular weight is 415 g/mol. The fourth-order valence-corrected chi connectivity index (χ4v) is 4.49. The van der Waals surface area contributed by atoms with Gasteiger partial charge in [-0.05, 0) is 74.2 Å². The molecule has 158 valence electrons. The van der Waals surface area contributed by atoms with Gasteiger partial charge in [0.1, 0.15) is 17.1 Å². The van der Waals surface area contributed by atoms with Crippen LogP contribution in [0.25, 0.3) is 22.6 Å². The lowest BCUT2D eigenvalue weighted by Crippen LogP contribution is -2.36. The molecule has 2 aliphatic rings. The summed E-state index contributed by atoms with van der Waals surface area (Å²) in [4.78, 5) is 27.6. The summed E-state index contributed by atoms with van der Waals surface area (Å²) in [5, 5.41) is 0.461. The molecule has 1 aromatic heterocycles. The molecule has 1 aliphatic heterocycles. The predicted octanol–water partition coefficient (Wildman–Crippen LogP) is 4.67. The van der Waals surface area contributed by atoms with Crippen LogP contribution < -0.4 is 10.2 Å². The number of esters is 1. The number of likely N-dealkylation sites (tertiary alicyclic amines) is 1. The van der Waals surface area contributed by atoms with Crippen molar-refractivity contribution in [2.75, 3.05) is 19.6 Å². The van der Waals surface area contributed by atoms with Gasteiger partial charge in [-0.1, -0.05) is 36.8 Å². The number of ether oxygens (including phenoxy) is 1. The molecular weight excluding hydrogens is 390 g/mol. The average Bonchev–Trinajstić information content (AvgIpc) is 3.18. The zero-order valence-electron chi connectivity index (χ0n) is 17.4. The lowest BCUT2D eigenvalue weighted by molar-refractivity contribution is -0.135. The van der Waals surface area contributed by atoms with Crippen LogP contribution in [0.4, 0.5) is 0 Å². The number of hydrogen-bond acceptors (Lipinski definition) is 5. The van der Waals surface area contributed by atoms with E-state index in [4.69, 9.17) is 9.15 Å². The Hall–Kier alpha value is -3.18. The van der Waals surface area contributed by atoms with Crippen LogP contribution in [-0.2, 0) is 11.2 Å². The number of nitrogens with zero attached hydrogens (tertiary/aromatic N) is 1. The highest BCUT2D eigenvalue weighted by molar-refractivity contribution is 5.87. The first-order chi connectivity index (χ1) is 15.2. The van der Waals surface area contributed by atoms with Crippen molar-refractivity contribution in [1.82, 2.24) is 4.90 Å². The van der Waals surface area contributed by atoms with Crippen LogP contribution in [0.15, 0.2) is 57.7 Å². The van der Waals surface area contributed by atoms with Crippen LogP contribution >= 0.6 is 0 Å². The van der Waals surface area contributed by atoms with Crippen molar-refractivity contribution in [2.45, 2.75) is 32.1 Å². The second-order valence-electron chi connectivity index (χ2n) is 8.29. The van der Waals surface area contributed by atoms with E-state index in [9.17, 15) is 9.59 Å². The molecule has 1 saturated heterocycles. The molecule has 3 aromatic rings. The topological polar surface area (TPSA) is 59.8 Å². The number of rotatable bonds is 4. The first-order valence-electron chi connectivity index (χ1n) is 11.0. The maximum absolute atomic E-state index is 13.1. The normalized spacial score (nSPS) is 17.7. The van der Waals surface area contributed by atoms with Crippen LogP contribution in [0.3, 0.4) is 0 Å². The summed E-state index contributed by atoms with van der Waals surface area (Å²) < 4.78 is 11.7. The number of allylic oxidation sites excluding steroid dienone is 1. The second-order valence-corrected chi connectivity index (χ2v) is 8.29. The van der Waals surface area contributed by atoms with Gasteiger partial charge in [-0.2, -0.15) is 0 Å². The lowest BCUT2D eigenvalue weighted by Gasteiger charge is -2.25. The smallest absolute Gasteiger partial charge is 0.325 e. The molecule has 2 heterocycles. The summed E-state index contributed by atoms with van der Waals surface area (Å²) in [6, 6.07) is 15.1. The molecule has 1 fully saturated rings. The molecule has 0 saturated carbocycles. The largest absolute Gasteiger partial charge is 0.456 e. The van der Waals surface area contributed by atoms with Gasteiger partial charge in [0.2, 0.25) is 0 Å². The summed E-state index contributed by atoms with van der Waals surface area (Å²) in [6.07, 6.45) is 6.98. The Kier molecular flexibility index (Phi) is 5.43. The van der Waals surface area contributed by atoms with Crippen molar-refractivity contribution < 1.29 is 13.9 Å². The Morgan fingerprint density at radius 1 is 1.03 bits per heavy atom. The highest BCUT2D eigenvalue weighted by Gasteiger charge is 2.24. The molecule has 31 heavy (non-hydrogen) atoms. The van der Waals surface area contributed by atoms with Gasteiger partial charge >= 0.3 is 5.97 Å². The summed E-state index contributed by atoms with van der Waals surface area (Å²) in [5.41, 5.74) is 3.30. The molecular formula is C26H25NO4. The van der Waals surface area contributed by atoms with Gasteiger partial charge in [-0.15, -0.1) is 0 Å². The molecule has 0 amide bonds. The fraction of sp³-hybridized carbons (Fsp3) is 0.308. The summed E-state index contributed by atoms with van der Waals surface area (Å²) in [5.74, 6) is 0.774. The van der Waals surface area contributed by atoms with Crippen molar-refractivity contribution in [1.29, 1.82) is 0 Å². The third kappa shape index (κ3) is 4.19. The van der Waals surface area contributed by atoms with Gasteiger partial charge in [0.15, 0.2) is 5.43 Å². The summed E-state index contributed by atoms with van der Waals surface area (Å²) >= 11 is 0. The van der Waals surface area contributed by atoms with Gasteiger partial charge in [-0.25, -0.2) is 0 Å². The van der Waals surface area contributed by atoms with Crippen LogP contribution in [0.1, 0.15) is 42.6 Å². The molecule has 5 heteroatoms. The highest BCUT2D eigenvalue weighted by atomic mass is 16.5. The standard InChI is InChI=1S/C26H25NO4/c28-24(17-27-13-5-2-6-14-27)30-20-10-12-23-22(16-20)25(29)21-11-9-19(26(21)31-23)15-18-7-3-1-4-8-18/h1,3-4,7-8,10,12,15-16H,2,5-6,9,11,13-14,17H2. The van der Waals surface area contributed by atoms with Gasteiger partial charge in [0.25, 0.3) is 0 Å². The van der Waals surface area contributed by atoms with Gasteiger partial charge in [0.05, 0.1) is 11.9 Å². The quantitative estimate of drug-likeness (QED) is 0.458. The van der Waals surface area contributed by atoms with Crippen molar-refractivity contribution in [2.24, 2.45) is 0 Å². The van der Waals surface area contributed by atoms with Gasteiger partial charge in [-0.3, -0.25) is 14.5 Å². The van der Waals surface area contributed by atoms with E-state index in [0.29, 0.717) is 34.5 Å². The Labute approximate surface area is 180 Å². The van der Waals surface area contributed by atoms with Crippen LogP contribution in [0, 0.1) is 0 Å². The van der Waals surface area contributed by atoms with E-state index in [0.717, 1.165) is 43.5 Å². The van der Waals surface area contributed by atoms with E-state index in [-0.39, 0.29) is 17.9 Å². The monoisotopic (exact) mass is 415 g/mol. The van der Waals surface area contributed by atoms with E-state index in [2.05, 4.69) is 11.0 Å². The lowest BCUT2D eigenvalue weighted by atomic mass is 10.1. The van der Waals surface area contributed by atoms with E-state index in [1.807, 2.05) is 30.3 Å². The molecule has 2 aromatic carbocycles. The van der Waals surface area contributed by atoms with Gasteiger partial charge < -0.3 is 9.15 Å². The molecule has 0 bridgehead atoms. The Bertz CT molecular complexity index is 1200. The second kappa shape index (κ2) is 8.52. The number of piperidine rings is 1. The minimum Gasteiger partial charge on any atom is -0.456 e. The number of fused-ring (bicyclic) bond motifs is 2.